The normalized spacial score (nSPS) is 17.2. The summed E-state index contributed by atoms with van der Waals surface area (Å²) in [6.45, 7) is 1.66. The third-order valence-corrected chi connectivity index (χ3v) is 4.91. The molecule has 2 aromatic carbocycles. The predicted molar refractivity (Wildman–Crippen MR) is 99.5 cm³/mol. The minimum Gasteiger partial charge on any atom is -0.352 e. The molecule has 25 heavy (non-hydrogen) atoms. The van der Waals surface area contributed by atoms with E-state index < -0.39 is 0 Å². The topological polar surface area (TPSA) is 41.6 Å². The molecule has 2 aromatic rings. The summed E-state index contributed by atoms with van der Waals surface area (Å²) in [6, 6.07) is 17.6. The predicted octanol–water partition coefficient (Wildman–Crippen LogP) is 3.61. The van der Waals surface area contributed by atoms with Crippen LogP contribution in [0, 0.1) is 0 Å². The second-order valence-electron chi connectivity index (χ2n) is 6.29. The molecule has 1 fully saturated rings. The number of benzene rings is 2. The third kappa shape index (κ3) is 4.60. The summed E-state index contributed by atoms with van der Waals surface area (Å²) in [6.07, 6.45) is 1.78. The molecule has 1 unspecified atom stereocenters. The van der Waals surface area contributed by atoms with Crippen LogP contribution in [0.2, 0.25) is 5.02 Å². The molecule has 0 aromatic heterocycles. The standard InChI is InChI=1S/C20H23ClN2O2/c1-25-23-13-11-18(12-14-23)22-20(24)19(15-5-3-2-4-6-15)16-7-9-17(21)10-8-16/h2-10,18-19H,11-14H2,1H3,(H,22,24). The van der Waals surface area contributed by atoms with E-state index in [9.17, 15) is 4.79 Å². The summed E-state index contributed by atoms with van der Waals surface area (Å²) >= 11 is 6.01. The molecule has 0 bridgehead atoms. The van der Waals surface area contributed by atoms with E-state index in [1.807, 2.05) is 59.7 Å². The Morgan fingerprint density at radius 3 is 2.28 bits per heavy atom. The van der Waals surface area contributed by atoms with E-state index in [1.165, 1.54) is 0 Å². The average Bonchev–Trinajstić information content (AvgIpc) is 2.65. The summed E-state index contributed by atoms with van der Waals surface area (Å²) in [5.74, 6) is -0.302. The average molecular weight is 359 g/mol. The first kappa shape index (κ1) is 17.9. The van der Waals surface area contributed by atoms with Gasteiger partial charge in [-0.3, -0.25) is 4.79 Å². The molecule has 1 aliphatic heterocycles. The van der Waals surface area contributed by atoms with Crippen LogP contribution in [-0.4, -0.2) is 37.2 Å². The van der Waals surface area contributed by atoms with Gasteiger partial charge in [-0.15, -0.1) is 0 Å². The van der Waals surface area contributed by atoms with Gasteiger partial charge in [-0.1, -0.05) is 54.1 Å². The zero-order valence-electron chi connectivity index (χ0n) is 14.3. The van der Waals surface area contributed by atoms with Gasteiger partial charge in [-0.25, -0.2) is 0 Å². The fraction of sp³-hybridized carbons (Fsp3) is 0.350. The van der Waals surface area contributed by atoms with Crippen molar-refractivity contribution in [1.29, 1.82) is 0 Å². The lowest BCUT2D eigenvalue weighted by Crippen LogP contribution is -2.45. The quantitative estimate of drug-likeness (QED) is 0.887. The van der Waals surface area contributed by atoms with Crippen molar-refractivity contribution in [3.8, 4) is 0 Å². The molecule has 0 radical (unpaired) electrons. The van der Waals surface area contributed by atoms with Crippen LogP contribution in [0.4, 0.5) is 0 Å². The number of nitrogens with zero attached hydrogens (tertiary/aromatic N) is 1. The van der Waals surface area contributed by atoms with Gasteiger partial charge in [0, 0.05) is 24.2 Å². The van der Waals surface area contributed by atoms with E-state index in [0.29, 0.717) is 5.02 Å². The Morgan fingerprint density at radius 1 is 1.08 bits per heavy atom. The Morgan fingerprint density at radius 2 is 1.68 bits per heavy atom. The maximum Gasteiger partial charge on any atom is 0.232 e. The highest BCUT2D eigenvalue weighted by molar-refractivity contribution is 6.30. The van der Waals surface area contributed by atoms with Crippen molar-refractivity contribution in [1.82, 2.24) is 10.4 Å². The van der Waals surface area contributed by atoms with Crippen LogP contribution < -0.4 is 5.32 Å². The molecule has 0 saturated carbocycles. The Kier molecular flexibility index (Phi) is 6.08. The zero-order chi connectivity index (χ0) is 17.6. The van der Waals surface area contributed by atoms with Crippen LogP contribution in [0.5, 0.6) is 0 Å². The molecule has 1 aliphatic rings. The molecule has 4 nitrogen and oxygen atoms in total. The van der Waals surface area contributed by atoms with Gasteiger partial charge in [0.25, 0.3) is 0 Å². The monoisotopic (exact) mass is 358 g/mol. The number of piperidine rings is 1. The lowest BCUT2D eigenvalue weighted by atomic mass is 9.90. The highest BCUT2D eigenvalue weighted by atomic mass is 35.5. The van der Waals surface area contributed by atoms with E-state index >= 15 is 0 Å². The first-order chi connectivity index (χ1) is 12.2. The molecular formula is C20H23ClN2O2. The number of nitrogens with one attached hydrogen (secondary N) is 1. The Balaban J connectivity index is 1.77. The van der Waals surface area contributed by atoms with Crippen molar-refractivity contribution in [3.05, 3.63) is 70.7 Å². The van der Waals surface area contributed by atoms with Gasteiger partial charge in [0.15, 0.2) is 0 Å². The molecular weight excluding hydrogens is 336 g/mol. The first-order valence-electron chi connectivity index (χ1n) is 8.57. The van der Waals surface area contributed by atoms with Crippen LogP contribution in [0.25, 0.3) is 0 Å². The van der Waals surface area contributed by atoms with Crippen LogP contribution in [0.1, 0.15) is 29.9 Å². The second-order valence-corrected chi connectivity index (χ2v) is 6.73. The van der Waals surface area contributed by atoms with Gasteiger partial charge in [0.2, 0.25) is 5.91 Å². The van der Waals surface area contributed by atoms with E-state index in [1.54, 1.807) is 7.11 Å². The van der Waals surface area contributed by atoms with Gasteiger partial charge >= 0.3 is 0 Å². The SMILES string of the molecule is CON1CCC(NC(=O)C(c2ccccc2)c2ccc(Cl)cc2)CC1. The third-order valence-electron chi connectivity index (χ3n) is 4.66. The molecule has 1 N–H and O–H groups in total. The fourth-order valence-electron chi connectivity index (χ4n) is 3.26. The number of rotatable bonds is 5. The van der Waals surface area contributed by atoms with Crippen LogP contribution >= 0.6 is 11.6 Å². The van der Waals surface area contributed by atoms with Crippen LogP contribution in [0.3, 0.4) is 0 Å². The lowest BCUT2D eigenvalue weighted by molar-refractivity contribution is -0.146. The minimum atomic E-state index is -0.334. The van der Waals surface area contributed by atoms with Gasteiger partial charge in [-0.2, -0.15) is 5.06 Å². The molecule has 1 atom stereocenters. The summed E-state index contributed by atoms with van der Waals surface area (Å²) in [5, 5.41) is 5.82. The smallest absolute Gasteiger partial charge is 0.232 e. The maximum atomic E-state index is 13.1. The van der Waals surface area contributed by atoms with Gasteiger partial charge < -0.3 is 10.2 Å². The molecule has 3 rings (SSSR count). The van der Waals surface area contributed by atoms with E-state index in [-0.39, 0.29) is 17.9 Å². The maximum absolute atomic E-state index is 13.1. The second kappa shape index (κ2) is 8.48. The summed E-state index contributed by atoms with van der Waals surface area (Å²) in [7, 11) is 1.69. The summed E-state index contributed by atoms with van der Waals surface area (Å²) in [5.41, 5.74) is 1.93. The Bertz CT molecular complexity index is 683. The fourth-order valence-corrected chi connectivity index (χ4v) is 3.39. The number of hydroxylamine groups is 2. The van der Waals surface area contributed by atoms with Crippen molar-refractivity contribution in [2.24, 2.45) is 0 Å². The van der Waals surface area contributed by atoms with Crippen LogP contribution in [0.15, 0.2) is 54.6 Å². The number of carbonyl (C=O) groups is 1. The molecule has 132 valence electrons. The van der Waals surface area contributed by atoms with Crippen molar-refractivity contribution < 1.29 is 9.63 Å². The zero-order valence-corrected chi connectivity index (χ0v) is 15.1. The molecule has 5 heteroatoms. The Hall–Kier alpha value is -1.88. The van der Waals surface area contributed by atoms with Crippen molar-refractivity contribution in [2.75, 3.05) is 20.2 Å². The van der Waals surface area contributed by atoms with Crippen molar-refractivity contribution in [2.45, 2.75) is 24.8 Å². The number of hydrogen-bond donors (Lipinski definition) is 1. The lowest BCUT2D eigenvalue weighted by Gasteiger charge is -2.31. The van der Waals surface area contributed by atoms with Crippen molar-refractivity contribution in [3.63, 3.8) is 0 Å². The van der Waals surface area contributed by atoms with E-state index in [4.69, 9.17) is 16.4 Å². The molecule has 0 spiro atoms. The van der Waals surface area contributed by atoms with Crippen molar-refractivity contribution >= 4 is 17.5 Å². The Labute approximate surface area is 153 Å². The van der Waals surface area contributed by atoms with E-state index in [2.05, 4.69) is 5.32 Å². The first-order valence-corrected chi connectivity index (χ1v) is 8.95. The molecule has 1 heterocycles. The number of hydrogen-bond acceptors (Lipinski definition) is 3. The number of amides is 1. The molecule has 1 amide bonds. The van der Waals surface area contributed by atoms with Gasteiger partial charge in [0.05, 0.1) is 13.0 Å². The van der Waals surface area contributed by atoms with Gasteiger partial charge in [-0.05, 0) is 36.1 Å². The number of halogens is 1. The molecule has 1 saturated heterocycles. The summed E-state index contributed by atoms with van der Waals surface area (Å²) in [4.78, 5) is 18.3. The summed E-state index contributed by atoms with van der Waals surface area (Å²) < 4.78 is 0. The molecule has 0 aliphatic carbocycles. The number of carbonyl (C=O) groups excluding carboxylic acids is 1. The van der Waals surface area contributed by atoms with Gasteiger partial charge in [0.1, 0.15) is 0 Å². The van der Waals surface area contributed by atoms with Crippen LogP contribution in [-0.2, 0) is 9.63 Å². The highest BCUT2D eigenvalue weighted by Gasteiger charge is 2.27. The highest BCUT2D eigenvalue weighted by Crippen LogP contribution is 2.27. The minimum absolute atomic E-state index is 0.0318. The van der Waals surface area contributed by atoms with E-state index in [0.717, 1.165) is 37.1 Å². The largest absolute Gasteiger partial charge is 0.352 e.